The summed E-state index contributed by atoms with van der Waals surface area (Å²) in [5.41, 5.74) is 6.80. The van der Waals surface area contributed by atoms with Gasteiger partial charge in [-0.05, 0) is 36.8 Å². The summed E-state index contributed by atoms with van der Waals surface area (Å²) in [4.78, 5) is 0.0437. The Kier molecular flexibility index (Phi) is 4.58. The average Bonchev–Trinajstić information content (AvgIpc) is 2.38. The molecule has 0 atom stereocenters. The first kappa shape index (κ1) is 16.2. The van der Waals surface area contributed by atoms with Crippen molar-refractivity contribution in [3.05, 3.63) is 51.0 Å². The molecule has 0 spiro atoms. The Hall–Kier alpha value is -1.14. The predicted molar refractivity (Wildman–Crippen MR) is 87.9 cm³/mol. The van der Waals surface area contributed by atoms with E-state index in [1.165, 1.54) is 24.3 Å². The fraction of sp³-hybridized carbons (Fsp3) is 0.0769. The zero-order valence-corrected chi connectivity index (χ0v) is 13.9. The Labute approximate surface area is 137 Å². The van der Waals surface area contributed by atoms with E-state index in [1.54, 1.807) is 13.0 Å². The van der Waals surface area contributed by atoms with Gasteiger partial charge in [0.2, 0.25) is 0 Å². The van der Waals surface area contributed by atoms with Crippen LogP contribution in [0.1, 0.15) is 5.56 Å². The van der Waals surface area contributed by atoms with Gasteiger partial charge in [-0.2, -0.15) is 0 Å². The molecule has 0 radical (unpaired) electrons. The van der Waals surface area contributed by atoms with E-state index < -0.39 is 10.0 Å². The lowest BCUT2D eigenvalue weighted by Gasteiger charge is -2.11. The Morgan fingerprint density at radius 1 is 1.00 bits per heavy atom. The third-order valence-electron chi connectivity index (χ3n) is 2.78. The first-order valence-corrected chi connectivity index (χ1v) is 8.36. The van der Waals surface area contributed by atoms with Crippen molar-refractivity contribution in [2.45, 2.75) is 11.8 Å². The molecule has 112 valence electrons. The number of hydrogen-bond donors (Lipinski definition) is 2. The maximum atomic E-state index is 12.3. The molecule has 0 amide bonds. The number of hydrogen-bond acceptors (Lipinski definition) is 3. The van der Waals surface area contributed by atoms with Gasteiger partial charge in [0.05, 0.1) is 26.3 Å². The fourth-order valence-corrected chi connectivity index (χ4v) is 3.40. The summed E-state index contributed by atoms with van der Waals surface area (Å²) in [6.07, 6.45) is 0. The molecule has 0 fully saturated rings. The minimum absolute atomic E-state index is 0.0437. The van der Waals surface area contributed by atoms with Crippen molar-refractivity contribution < 1.29 is 8.42 Å². The number of halogens is 3. The quantitative estimate of drug-likeness (QED) is 0.795. The molecular weight excluding hydrogens is 355 g/mol. The molecule has 2 aromatic carbocycles. The lowest BCUT2D eigenvalue weighted by Crippen LogP contribution is -2.13. The highest BCUT2D eigenvalue weighted by atomic mass is 35.5. The van der Waals surface area contributed by atoms with E-state index in [0.29, 0.717) is 5.02 Å². The summed E-state index contributed by atoms with van der Waals surface area (Å²) in [5.74, 6) is 0. The van der Waals surface area contributed by atoms with Gasteiger partial charge in [0.15, 0.2) is 0 Å². The van der Waals surface area contributed by atoms with Gasteiger partial charge in [-0.3, -0.25) is 4.72 Å². The lowest BCUT2D eigenvalue weighted by atomic mass is 10.2. The second-order valence-corrected chi connectivity index (χ2v) is 7.27. The molecule has 0 heterocycles. The zero-order chi connectivity index (χ0) is 15.8. The van der Waals surface area contributed by atoms with Gasteiger partial charge >= 0.3 is 0 Å². The van der Waals surface area contributed by atoms with Gasteiger partial charge < -0.3 is 5.73 Å². The second kappa shape index (κ2) is 5.93. The molecule has 21 heavy (non-hydrogen) atoms. The molecule has 0 aromatic heterocycles. The summed E-state index contributed by atoms with van der Waals surface area (Å²) in [6, 6.07) is 7.23. The molecule has 0 aliphatic carbocycles. The van der Waals surface area contributed by atoms with E-state index in [0.717, 1.165) is 5.56 Å². The fourth-order valence-electron chi connectivity index (χ4n) is 1.60. The zero-order valence-electron chi connectivity index (χ0n) is 10.8. The molecular formula is C13H11Cl3N2O2S. The van der Waals surface area contributed by atoms with Crippen LogP contribution in [0.5, 0.6) is 0 Å². The van der Waals surface area contributed by atoms with Gasteiger partial charge in [0.1, 0.15) is 0 Å². The maximum absolute atomic E-state index is 12.3. The van der Waals surface area contributed by atoms with Gasteiger partial charge in [-0.1, -0.05) is 40.9 Å². The van der Waals surface area contributed by atoms with Crippen LogP contribution < -0.4 is 10.5 Å². The molecule has 0 aliphatic rings. The molecule has 2 rings (SSSR count). The summed E-state index contributed by atoms with van der Waals surface area (Å²) in [7, 11) is -3.79. The SMILES string of the molecule is Cc1ccc(S(=O)(=O)Nc2cc(Cl)c(N)c(Cl)c2)cc1Cl. The third kappa shape index (κ3) is 3.55. The van der Waals surface area contributed by atoms with E-state index >= 15 is 0 Å². The van der Waals surface area contributed by atoms with E-state index in [1.807, 2.05) is 0 Å². The third-order valence-corrected chi connectivity index (χ3v) is 5.20. The topological polar surface area (TPSA) is 72.2 Å². The number of nitrogens with one attached hydrogen (secondary N) is 1. The highest BCUT2D eigenvalue weighted by molar-refractivity contribution is 7.92. The van der Waals surface area contributed by atoms with Crippen LogP contribution in [-0.4, -0.2) is 8.42 Å². The molecule has 0 saturated heterocycles. The first-order valence-electron chi connectivity index (χ1n) is 5.74. The smallest absolute Gasteiger partial charge is 0.261 e. The van der Waals surface area contributed by atoms with Crippen LogP contribution in [0.3, 0.4) is 0 Å². The molecule has 0 bridgehead atoms. The predicted octanol–water partition coefficient (Wildman–Crippen LogP) is 4.34. The van der Waals surface area contributed by atoms with Crippen molar-refractivity contribution in [3.63, 3.8) is 0 Å². The van der Waals surface area contributed by atoms with Gasteiger partial charge in [-0.15, -0.1) is 0 Å². The monoisotopic (exact) mass is 364 g/mol. The van der Waals surface area contributed by atoms with Crippen LogP contribution in [-0.2, 0) is 10.0 Å². The van der Waals surface area contributed by atoms with Gasteiger partial charge in [0, 0.05) is 5.02 Å². The molecule has 0 aliphatic heterocycles. The average molecular weight is 366 g/mol. The Morgan fingerprint density at radius 2 is 1.57 bits per heavy atom. The number of nitrogen functional groups attached to an aromatic ring is 1. The standard InChI is InChI=1S/C13H11Cl3N2O2S/c1-7-2-3-9(6-10(7)14)21(19,20)18-8-4-11(15)13(17)12(16)5-8/h2-6,18H,17H2,1H3. The van der Waals surface area contributed by atoms with Gasteiger partial charge in [0.25, 0.3) is 10.0 Å². The maximum Gasteiger partial charge on any atom is 0.261 e. The summed E-state index contributed by atoms with van der Waals surface area (Å²) >= 11 is 17.7. The summed E-state index contributed by atoms with van der Waals surface area (Å²) < 4.78 is 27.0. The van der Waals surface area contributed by atoms with E-state index in [2.05, 4.69) is 4.72 Å². The molecule has 4 nitrogen and oxygen atoms in total. The highest BCUT2D eigenvalue weighted by Gasteiger charge is 2.16. The van der Waals surface area contributed by atoms with Gasteiger partial charge in [-0.25, -0.2) is 8.42 Å². The Balaban J connectivity index is 2.39. The molecule has 2 aromatic rings. The van der Waals surface area contributed by atoms with Crippen LogP contribution in [0.25, 0.3) is 0 Å². The van der Waals surface area contributed by atoms with E-state index in [9.17, 15) is 8.42 Å². The van der Waals surface area contributed by atoms with Crippen molar-refractivity contribution in [2.75, 3.05) is 10.5 Å². The van der Waals surface area contributed by atoms with Crippen molar-refractivity contribution >= 4 is 56.2 Å². The number of benzene rings is 2. The minimum atomic E-state index is -3.79. The van der Waals surface area contributed by atoms with Crippen molar-refractivity contribution in [2.24, 2.45) is 0 Å². The number of anilines is 2. The molecule has 8 heteroatoms. The largest absolute Gasteiger partial charge is 0.396 e. The number of nitrogens with two attached hydrogens (primary N) is 1. The van der Waals surface area contributed by atoms with Crippen LogP contribution in [0.15, 0.2) is 35.2 Å². The minimum Gasteiger partial charge on any atom is -0.396 e. The van der Waals surface area contributed by atoms with Crippen molar-refractivity contribution in [1.29, 1.82) is 0 Å². The molecule has 0 unspecified atom stereocenters. The Bertz CT molecular complexity index is 784. The van der Waals surface area contributed by atoms with E-state index in [4.69, 9.17) is 40.5 Å². The second-order valence-electron chi connectivity index (χ2n) is 4.37. The van der Waals surface area contributed by atoms with Crippen molar-refractivity contribution in [1.82, 2.24) is 0 Å². The number of rotatable bonds is 3. The van der Waals surface area contributed by atoms with Crippen LogP contribution >= 0.6 is 34.8 Å². The normalized spacial score (nSPS) is 11.4. The number of sulfonamides is 1. The van der Waals surface area contributed by atoms with E-state index in [-0.39, 0.29) is 26.3 Å². The van der Waals surface area contributed by atoms with Crippen LogP contribution in [0.2, 0.25) is 15.1 Å². The summed E-state index contributed by atoms with van der Waals surface area (Å²) in [6.45, 7) is 1.78. The summed E-state index contributed by atoms with van der Waals surface area (Å²) in [5, 5.41) is 0.704. The first-order chi connectivity index (χ1) is 9.70. The highest BCUT2D eigenvalue weighted by Crippen LogP contribution is 2.32. The van der Waals surface area contributed by atoms with Crippen molar-refractivity contribution in [3.8, 4) is 0 Å². The van der Waals surface area contributed by atoms with Crippen LogP contribution in [0.4, 0.5) is 11.4 Å². The molecule has 3 N–H and O–H groups in total. The number of aryl methyl sites for hydroxylation is 1. The lowest BCUT2D eigenvalue weighted by molar-refractivity contribution is 0.601. The Morgan fingerprint density at radius 3 is 2.10 bits per heavy atom. The molecule has 0 saturated carbocycles. The van der Waals surface area contributed by atoms with Crippen LogP contribution in [0, 0.1) is 6.92 Å².